The smallest absolute Gasteiger partial charge is 0.123 e. The molecule has 3 aromatic carbocycles. The van der Waals surface area contributed by atoms with Crippen LogP contribution in [-0.2, 0) is 0 Å². The number of hydrogen-bond acceptors (Lipinski definition) is 1. The van der Waals surface area contributed by atoms with Crippen LogP contribution in [0.2, 0.25) is 0 Å². The van der Waals surface area contributed by atoms with Crippen molar-refractivity contribution in [2.45, 2.75) is 31.1 Å². The maximum Gasteiger partial charge on any atom is 0.123 e. The molecule has 1 nitrogen and oxygen atoms in total. The van der Waals surface area contributed by atoms with Gasteiger partial charge in [-0.2, -0.15) is 0 Å². The Morgan fingerprint density at radius 3 is 1.81 bits per heavy atom. The van der Waals surface area contributed by atoms with Crippen LogP contribution in [0.5, 0.6) is 0 Å². The van der Waals surface area contributed by atoms with E-state index in [9.17, 15) is 13.2 Å². The fourth-order valence-corrected chi connectivity index (χ4v) is 5.71. The Bertz CT molecular complexity index is 984. The summed E-state index contributed by atoms with van der Waals surface area (Å²) >= 11 is 0. The van der Waals surface area contributed by atoms with E-state index in [1.54, 1.807) is 12.1 Å². The minimum absolute atomic E-state index is 0.127. The van der Waals surface area contributed by atoms with Gasteiger partial charge >= 0.3 is 0 Å². The molecule has 5 rings (SSSR count). The first-order chi connectivity index (χ1) is 15.6. The first-order valence-corrected chi connectivity index (χ1v) is 11.6. The molecule has 3 unspecified atom stereocenters. The van der Waals surface area contributed by atoms with E-state index in [1.165, 1.54) is 36.2 Å². The van der Waals surface area contributed by atoms with E-state index in [2.05, 4.69) is 4.90 Å². The fraction of sp³-hybridized carbons (Fsp3) is 0.357. The van der Waals surface area contributed by atoms with Crippen molar-refractivity contribution in [3.05, 3.63) is 107 Å². The third kappa shape index (κ3) is 4.47. The van der Waals surface area contributed by atoms with Crippen LogP contribution in [0.25, 0.3) is 0 Å². The molecule has 1 saturated heterocycles. The highest BCUT2D eigenvalue weighted by Crippen LogP contribution is 2.51. The van der Waals surface area contributed by atoms with Gasteiger partial charge in [-0.15, -0.1) is 0 Å². The predicted molar refractivity (Wildman–Crippen MR) is 121 cm³/mol. The van der Waals surface area contributed by atoms with Gasteiger partial charge in [-0.05, 0) is 96.6 Å². The van der Waals surface area contributed by atoms with Gasteiger partial charge < -0.3 is 4.90 Å². The van der Waals surface area contributed by atoms with E-state index >= 15 is 0 Å². The molecule has 2 aliphatic rings. The zero-order valence-corrected chi connectivity index (χ0v) is 18.1. The summed E-state index contributed by atoms with van der Waals surface area (Å²) < 4.78 is 40.1. The van der Waals surface area contributed by atoms with Crippen LogP contribution in [0.4, 0.5) is 13.2 Å². The number of nitrogens with zero attached hydrogens (tertiary/aromatic N) is 1. The van der Waals surface area contributed by atoms with Gasteiger partial charge in [-0.3, -0.25) is 0 Å². The molecule has 0 bridgehead atoms. The van der Waals surface area contributed by atoms with Gasteiger partial charge in [0, 0.05) is 19.0 Å². The molecule has 32 heavy (non-hydrogen) atoms. The third-order valence-corrected chi connectivity index (χ3v) is 7.45. The monoisotopic (exact) mass is 435 g/mol. The van der Waals surface area contributed by atoms with Crippen LogP contribution in [0.15, 0.2) is 72.8 Å². The summed E-state index contributed by atoms with van der Waals surface area (Å²) in [6.07, 6.45) is 3.16. The van der Waals surface area contributed by atoms with Crippen molar-refractivity contribution in [1.29, 1.82) is 0 Å². The minimum Gasteiger partial charge on any atom is -0.303 e. The maximum absolute atomic E-state index is 13.4. The SMILES string of the molecule is Fc1ccc(C(CCCN2CC3CC(c4ccc(F)cc4)C3C2)c2ccc(F)cc2)cc1. The molecule has 4 heteroatoms. The summed E-state index contributed by atoms with van der Waals surface area (Å²) in [6, 6.07) is 20.4. The number of benzene rings is 3. The average Bonchev–Trinajstić information content (AvgIpc) is 3.10. The Morgan fingerprint density at radius 1 is 0.719 bits per heavy atom. The predicted octanol–water partition coefficient (Wildman–Crippen LogP) is 6.75. The molecule has 1 aliphatic heterocycles. The largest absolute Gasteiger partial charge is 0.303 e. The highest BCUT2D eigenvalue weighted by molar-refractivity contribution is 5.33. The van der Waals surface area contributed by atoms with Crippen LogP contribution < -0.4 is 0 Å². The minimum atomic E-state index is -0.241. The van der Waals surface area contributed by atoms with Crippen LogP contribution >= 0.6 is 0 Å². The lowest BCUT2D eigenvalue weighted by molar-refractivity contribution is 0.191. The average molecular weight is 436 g/mol. The molecule has 0 N–H and O–H groups in total. The molecule has 0 aromatic heterocycles. The Morgan fingerprint density at radius 2 is 1.25 bits per heavy atom. The first-order valence-electron chi connectivity index (χ1n) is 11.6. The molecule has 2 fully saturated rings. The summed E-state index contributed by atoms with van der Waals surface area (Å²) in [6.45, 7) is 3.27. The van der Waals surface area contributed by atoms with Gasteiger partial charge in [0.25, 0.3) is 0 Å². The standard InChI is InChI=1S/C28H28F3N/c29-23-9-3-19(4-10-23)26(20-5-11-24(30)12-6-20)2-1-15-32-17-22-16-27(28(22)18-32)21-7-13-25(31)14-8-21/h3-14,22,26-28H,1-2,15-18H2. The lowest BCUT2D eigenvalue weighted by atomic mass is 9.64. The molecule has 1 heterocycles. The molecule has 0 radical (unpaired) electrons. The summed E-state index contributed by atoms with van der Waals surface area (Å²) in [5, 5.41) is 0. The van der Waals surface area contributed by atoms with Gasteiger partial charge in [-0.1, -0.05) is 36.4 Å². The van der Waals surface area contributed by atoms with E-state index in [1.807, 2.05) is 36.4 Å². The van der Waals surface area contributed by atoms with E-state index < -0.39 is 0 Å². The second-order valence-corrected chi connectivity index (χ2v) is 9.38. The number of rotatable bonds is 7. The zero-order valence-electron chi connectivity index (χ0n) is 18.1. The molecule has 3 aromatic rings. The topological polar surface area (TPSA) is 3.24 Å². The lowest BCUT2D eigenvalue weighted by Gasteiger charge is -2.40. The van der Waals surface area contributed by atoms with Gasteiger partial charge in [0.2, 0.25) is 0 Å². The zero-order chi connectivity index (χ0) is 22.1. The highest BCUT2D eigenvalue weighted by atomic mass is 19.1. The molecular weight excluding hydrogens is 407 g/mol. The quantitative estimate of drug-likeness (QED) is 0.397. The van der Waals surface area contributed by atoms with Crippen molar-refractivity contribution in [1.82, 2.24) is 4.90 Å². The van der Waals surface area contributed by atoms with Crippen molar-refractivity contribution in [2.24, 2.45) is 11.8 Å². The maximum atomic E-state index is 13.4. The lowest BCUT2D eigenvalue weighted by Crippen LogP contribution is -2.33. The Hall–Kier alpha value is -2.59. The summed E-state index contributed by atoms with van der Waals surface area (Å²) in [5.41, 5.74) is 3.40. The van der Waals surface area contributed by atoms with Crippen LogP contribution in [0.3, 0.4) is 0 Å². The fourth-order valence-electron chi connectivity index (χ4n) is 5.71. The van der Waals surface area contributed by atoms with Crippen molar-refractivity contribution in [3.8, 4) is 0 Å². The molecule has 1 aliphatic carbocycles. The first kappa shape index (κ1) is 21.3. The van der Waals surface area contributed by atoms with Gasteiger partial charge in [0.05, 0.1) is 0 Å². The summed E-state index contributed by atoms with van der Waals surface area (Å²) in [4.78, 5) is 2.56. The molecular formula is C28H28F3N. The number of halogens is 3. The summed E-state index contributed by atoms with van der Waals surface area (Å²) in [7, 11) is 0. The highest BCUT2D eigenvalue weighted by Gasteiger charge is 2.47. The summed E-state index contributed by atoms with van der Waals surface area (Å²) in [5.74, 6) is 1.44. The van der Waals surface area contributed by atoms with E-state index in [-0.39, 0.29) is 23.4 Å². The second-order valence-electron chi connectivity index (χ2n) is 9.38. The Kier molecular flexibility index (Phi) is 6.05. The van der Waals surface area contributed by atoms with Gasteiger partial charge in [0.1, 0.15) is 17.5 Å². The van der Waals surface area contributed by atoms with Gasteiger partial charge in [-0.25, -0.2) is 13.2 Å². The van der Waals surface area contributed by atoms with Crippen LogP contribution in [0, 0.1) is 29.3 Å². The number of hydrogen-bond donors (Lipinski definition) is 0. The Labute approximate surface area is 187 Å². The van der Waals surface area contributed by atoms with E-state index in [4.69, 9.17) is 0 Å². The molecule has 0 spiro atoms. The number of likely N-dealkylation sites (tertiary alicyclic amines) is 1. The van der Waals surface area contributed by atoms with Crippen LogP contribution in [0.1, 0.15) is 47.8 Å². The van der Waals surface area contributed by atoms with E-state index in [0.717, 1.165) is 49.5 Å². The molecule has 166 valence electrons. The normalized spacial score (nSPS) is 22.7. The van der Waals surface area contributed by atoms with Gasteiger partial charge in [0.15, 0.2) is 0 Å². The molecule has 0 amide bonds. The van der Waals surface area contributed by atoms with Crippen molar-refractivity contribution in [3.63, 3.8) is 0 Å². The van der Waals surface area contributed by atoms with Crippen molar-refractivity contribution >= 4 is 0 Å². The second kappa shape index (κ2) is 9.11. The third-order valence-electron chi connectivity index (χ3n) is 7.45. The van der Waals surface area contributed by atoms with Crippen molar-refractivity contribution in [2.75, 3.05) is 19.6 Å². The number of fused-ring (bicyclic) bond motifs is 1. The van der Waals surface area contributed by atoms with Crippen LogP contribution in [-0.4, -0.2) is 24.5 Å². The Balaban J connectivity index is 1.20. The van der Waals surface area contributed by atoms with Crippen molar-refractivity contribution < 1.29 is 13.2 Å². The van der Waals surface area contributed by atoms with E-state index in [0.29, 0.717) is 11.8 Å². The molecule has 1 saturated carbocycles. The molecule has 3 atom stereocenters.